The Labute approximate surface area is 158 Å². The summed E-state index contributed by atoms with van der Waals surface area (Å²) < 4.78 is 0. The van der Waals surface area contributed by atoms with Gasteiger partial charge in [-0.15, -0.1) is 0 Å². The van der Waals surface area contributed by atoms with Crippen LogP contribution in [-0.2, 0) is 13.0 Å². The number of benzene rings is 2. The highest BCUT2D eigenvalue weighted by atomic mass is 16.3. The zero-order valence-electron chi connectivity index (χ0n) is 15.5. The largest absolute Gasteiger partial charge is 0.508 e. The summed E-state index contributed by atoms with van der Waals surface area (Å²) in [5.41, 5.74) is 9.97. The number of aromatic hydroxyl groups is 1. The molecule has 3 rings (SSSR count). The molecule has 1 amide bonds. The van der Waals surface area contributed by atoms with E-state index in [-0.39, 0.29) is 5.75 Å². The number of carbonyl (C=O) groups excluding carboxylic acids is 1. The van der Waals surface area contributed by atoms with Crippen molar-refractivity contribution >= 4 is 11.7 Å². The third-order valence-corrected chi connectivity index (χ3v) is 4.51. The Bertz CT molecular complexity index is 912. The molecule has 0 atom stereocenters. The quantitative estimate of drug-likeness (QED) is 0.515. The molecule has 0 aliphatic carbocycles. The first-order chi connectivity index (χ1) is 12.9. The number of nitrogens with one attached hydrogen (secondary N) is 2. The van der Waals surface area contributed by atoms with E-state index in [4.69, 9.17) is 5.73 Å². The van der Waals surface area contributed by atoms with Gasteiger partial charge in [0, 0.05) is 13.0 Å². The van der Waals surface area contributed by atoms with Gasteiger partial charge < -0.3 is 16.2 Å². The summed E-state index contributed by atoms with van der Waals surface area (Å²) in [6.45, 7) is 4.77. The molecule has 140 valence electrons. The van der Waals surface area contributed by atoms with Gasteiger partial charge in [0.05, 0.1) is 5.69 Å². The highest BCUT2D eigenvalue weighted by molar-refractivity contribution is 5.98. The van der Waals surface area contributed by atoms with Gasteiger partial charge in [0.1, 0.15) is 11.3 Å². The van der Waals surface area contributed by atoms with E-state index >= 15 is 0 Å². The van der Waals surface area contributed by atoms with E-state index in [2.05, 4.69) is 53.6 Å². The molecule has 1 heterocycles. The lowest BCUT2D eigenvalue weighted by Crippen LogP contribution is -2.15. The molecule has 0 saturated heterocycles. The van der Waals surface area contributed by atoms with Crippen LogP contribution in [0.25, 0.3) is 0 Å². The van der Waals surface area contributed by atoms with Crippen molar-refractivity contribution in [2.75, 3.05) is 5.32 Å². The summed E-state index contributed by atoms with van der Waals surface area (Å²) in [5.74, 6) is 0.598. The number of aromatic amines is 1. The summed E-state index contributed by atoms with van der Waals surface area (Å²) in [4.78, 5) is 12.0. The average molecular weight is 364 g/mol. The molecule has 1 aromatic heterocycles. The first kappa shape index (κ1) is 18.5. The van der Waals surface area contributed by atoms with Crippen LogP contribution in [0.5, 0.6) is 5.75 Å². The number of carbonyl (C=O) groups is 1. The smallest absolute Gasteiger partial charge is 0.254 e. The van der Waals surface area contributed by atoms with Crippen molar-refractivity contribution in [2.24, 2.45) is 5.73 Å². The van der Waals surface area contributed by atoms with Crippen molar-refractivity contribution < 1.29 is 9.90 Å². The number of phenols is 1. The molecule has 0 saturated carbocycles. The number of H-pyrrole nitrogens is 1. The van der Waals surface area contributed by atoms with Crippen LogP contribution in [0.1, 0.15) is 52.5 Å². The maximum absolute atomic E-state index is 12.0. The summed E-state index contributed by atoms with van der Waals surface area (Å²) in [5, 5.41) is 19.6. The standard InChI is InChI=1S/C21H24N4O2/c1-13(2)16-7-3-14(4-8-16)11-18-19(20(22)27)21(25-24-18)23-12-15-5-9-17(26)10-6-15/h3-10,13,26H,11-12H2,1-2H3,(H2,22,27)(H2,23,24,25). The zero-order chi connectivity index (χ0) is 19.4. The predicted molar refractivity (Wildman–Crippen MR) is 106 cm³/mol. The van der Waals surface area contributed by atoms with Gasteiger partial charge >= 0.3 is 0 Å². The molecular formula is C21H24N4O2. The lowest BCUT2D eigenvalue weighted by Gasteiger charge is -2.08. The molecule has 0 radical (unpaired) electrons. The van der Waals surface area contributed by atoms with Gasteiger partial charge in [-0.2, -0.15) is 5.10 Å². The number of aromatic nitrogens is 2. The molecule has 3 aromatic rings. The Morgan fingerprint density at radius 1 is 1.11 bits per heavy atom. The fraction of sp³-hybridized carbons (Fsp3) is 0.238. The maximum atomic E-state index is 12.0. The van der Waals surface area contributed by atoms with Crippen molar-refractivity contribution in [3.63, 3.8) is 0 Å². The molecule has 0 fully saturated rings. The van der Waals surface area contributed by atoms with E-state index in [1.54, 1.807) is 24.3 Å². The Morgan fingerprint density at radius 3 is 2.33 bits per heavy atom. The zero-order valence-corrected chi connectivity index (χ0v) is 15.5. The van der Waals surface area contributed by atoms with Gasteiger partial charge in [-0.05, 0) is 34.7 Å². The van der Waals surface area contributed by atoms with Crippen LogP contribution in [0.2, 0.25) is 0 Å². The third-order valence-electron chi connectivity index (χ3n) is 4.51. The molecule has 6 nitrogen and oxygen atoms in total. The molecule has 0 bridgehead atoms. The number of primary amides is 1. The SMILES string of the molecule is CC(C)c1ccc(Cc2[nH]nc(NCc3ccc(O)cc3)c2C(N)=O)cc1. The number of rotatable bonds is 7. The van der Waals surface area contributed by atoms with E-state index in [1.807, 2.05) is 0 Å². The number of phenolic OH excluding ortho intramolecular Hbond substituents is 1. The second kappa shape index (κ2) is 7.95. The van der Waals surface area contributed by atoms with Gasteiger partial charge in [-0.3, -0.25) is 9.89 Å². The van der Waals surface area contributed by atoms with Crippen molar-refractivity contribution in [3.05, 3.63) is 76.5 Å². The fourth-order valence-electron chi connectivity index (χ4n) is 2.92. The Morgan fingerprint density at radius 2 is 1.74 bits per heavy atom. The number of hydrogen-bond acceptors (Lipinski definition) is 4. The number of amides is 1. The summed E-state index contributed by atoms with van der Waals surface area (Å²) >= 11 is 0. The molecule has 0 spiro atoms. The lowest BCUT2D eigenvalue weighted by atomic mass is 9.99. The number of anilines is 1. The fourth-order valence-corrected chi connectivity index (χ4v) is 2.92. The maximum Gasteiger partial charge on any atom is 0.254 e. The highest BCUT2D eigenvalue weighted by Gasteiger charge is 2.18. The molecule has 0 aliphatic rings. The minimum atomic E-state index is -0.522. The molecule has 6 heteroatoms. The van der Waals surface area contributed by atoms with Gasteiger partial charge in [0.25, 0.3) is 5.91 Å². The van der Waals surface area contributed by atoms with E-state index in [1.165, 1.54) is 5.56 Å². The number of hydrogen-bond donors (Lipinski definition) is 4. The topological polar surface area (TPSA) is 104 Å². The van der Waals surface area contributed by atoms with Crippen LogP contribution >= 0.6 is 0 Å². The minimum absolute atomic E-state index is 0.210. The monoisotopic (exact) mass is 364 g/mol. The first-order valence-corrected chi connectivity index (χ1v) is 8.91. The van der Waals surface area contributed by atoms with Gasteiger partial charge in [-0.25, -0.2) is 0 Å². The summed E-state index contributed by atoms with van der Waals surface area (Å²) in [6.07, 6.45) is 0.546. The van der Waals surface area contributed by atoms with Crippen molar-refractivity contribution in [2.45, 2.75) is 32.7 Å². The Balaban J connectivity index is 1.76. The second-order valence-electron chi connectivity index (χ2n) is 6.88. The number of nitrogens with zero attached hydrogens (tertiary/aromatic N) is 1. The Kier molecular flexibility index (Phi) is 5.45. The van der Waals surface area contributed by atoms with E-state index in [0.29, 0.717) is 36.0 Å². The van der Waals surface area contributed by atoms with Crippen LogP contribution in [0.15, 0.2) is 48.5 Å². The molecule has 27 heavy (non-hydrogen) atoms. The second-order valence-corrected chi connectivity index (χ2v) is 6.88. The molecule has 5 N–H and O–H groups in total. The normalized spacial score (nSPS) is 10.9. The van der Waals surface area contributed by atoms with E-state index in [0.717, 1.165) is 11.1 Å². The van der Waals surface area contributed by atoms with Gasteiger partial charge in [0.15, 0.2) is 5.82 Å². The molecule has 2 aromatic carbocycles. The van der Waals surface area contributed by atoms with E-state index < -0.39 is 5.91 Å². The molecule has 0 unspecified atom stereocenters. The minimum Gasteiger partial charge on any atom is -0.508 e. The third kappa shape index (κ3) is 4.47. The van der Waals surface area contributed by atoms with Crippen molar-refractivity contribution in [3.8, 4) is 5.75 Å². The van der Waals surface area contributed by atoms with Gasteiger partial charge in [-0.1, -0.05) is 50.2 Å². The van der Waals surface area contributed by atoms with Crippen molar-refractivity contribution in [1.82, 2.24) is 10.2 Å². The van der Waals surface area contributed by atoms with Crippen LogP contribution in [0.4, 0.5) is 5.82 Å². The predicted octanol–water partition coefficient (Wildman–Crippen LogP) is 3.54. The van der Waals surface area contributed by atoms with Crippen LogP contribution in [-0.4, -0.2) is 21.2 Å². The first-order valence-electron chi connectivity index (χ1n) is 8.91. The molecule has 0 aliphatic heterocycles. The van der Waals surface area contributed by atoms with Crippen LogP contribution in [0, 0.1) is 0 Å². The van der Waals surface area contributed by atoms with E-state index in [9.17, 15) is 9.90 Å². The lowest BCUT2D eigenvalue weighted by molar-refractivity contribution is 0.100. The number of nitrogens with two attached hydrogens (primary N) is 1. The molecular weight excluding hydrogens is 340 g/mol. The van der Waals surface area contributed by atoms with Gasteiger partial charge in [0.2, 0.25) is 0 Å². The Hall–Kier alpha value is -3.28. The average Bonchev–Trinajstić information content (AvgIpc) is 3.04. The highest BCUT2D eigenvalue weighted by Crippen LogP contribution is 2.22. The summed E-state index contributed by atoms with van der Waals surface area (Å²) in [7, 11) is 0. The van der Waals surface area contributed by atoms with Crippen LogP contribution < -0.4 is 11.1 Å². The van der Waals surface area contributed by atoms with Crippen LogP contribution in [0.3, 0.4) is 0 Å². The van der Waals surface area contributed by atoms with Crippen molar-refractivity contribution in [1.29, 1.82) is 0 Å². The summed E-state index contributed by atoms with van der Waals surface area (Å²) in [6, 6.07) is 15.2.